The van der Waals surface area contributed by atoms with Crippen LogP contribution in [0.1, 0.15) is 5.69 Å². The van der Waals surface area contributed by atoms with Crippen molar-refractivity contribution in [3.63, 3.8) is 0 Å². The van der Waals surface area contributed by atoms with Crippen LogP contribution < -0.4 is 5.32 Å². The van der Waals surface area contributed by atoms with Gasteiger partial charge in [0.1, 0.15) is 0 Å². The molecular formula is C7H9N2. The molecular weight excluding hydrogens is 112 g/mol. The highest BCUT2D eigenvalue weighted by molar-refractivity contribution is 5.01. The SMILES string of the molecule is CNCc1c[c]ccn1. The number of rotatable bonds is 2. The van der Waals surface area contributed by atoms with Crippen LogP contribution >= 0.6 is 0 Å². The highest BCUT2D eigenvalue weighted by atomic mass is 14.8. The van der Waals surface area contributed by atoms with Gasteiger partial charge >= 0.3 is 0 Å². The fourth-order valence-corrected chi connectivity index (χ4v) is 0.635. The highest BCUT2D eigenvalue weighted by Gasteiger charge is 1.85. The van der Waals surface area contributed by atoms with Gasteiger partial charge in [-0.25, -0.2) is 0 Å². The minimum absolute atomic E-state index is 0.817. The largest absolute Gasteiger partial charge is 0.314 e. The molecule has 0 saturated carbocycles. The van der Waals surface area contributed by atoms with E-state index in [0.717, 1.165) is 12.2 Å². The summed E-state index contributed by atoms with van der Waals surface area (Å²) in [6.45, 7) is 0.817. The minimum atomic E-state index is 0.817. The van der Waals surface area contributed by atoms with Crippen LogP contribution in [0.2, 0.25) is 0 Å². The fraction of sp³-hybridized carbons (Fsp3) is 0.286. The predicted octanol–water partition coefficient (Wildman–Crippen LogP) is 0.601. The van der Waals surface area contributed by atoms with E-state index >= 15 is 0 Å². The predicted molar refractivity (Wildman–Crippen MR) is 35.8 cm³/mol. The van der Waals surface area contributed by atoms with Gasteiger partial charge in [-0.05, 0) is 25.2 Å². The Labute approximate surface area is 54.9 Å². The first kappa shape index (κ1) is 6.23. The molecule has 0 amide bonds. The van der Waals surface area contributed by atoms with Crippen molar-refractivity contribution in [2.24, 2.45) is 0 Å². The molecule has 0 aliphatic heterocycles. The Bertz CT molecular complexity index is 160. The molecule has 47 valence electrons. The lowest BCUT2D eigenvalue weighted by Gasteiger charge is -1.94. The number of nitrogens with one attached hydrogen (secondary N) is 1. The zero-order chi connectivity index (χ0) is 6.53. The van der Waals surface area contributed by atoms with Gasteiger partial charge in [0.15, 0.2) is 0 Å². The number of nitrogens with zero attached hydrogens (tertiary/aromatic N) is 1. The van der Waals surface area contributed by atoms with Crippen LogP contribution in [0.15, 0.2) is 18.3 Å². The van der Waals surface area contributed by atoms with E-state index in [0.29, 0.717) is 0 Å². The zero-order valence-corrected chi connectivity index (χ0v) is 5.39. The molecule has 0 aromatic carbocycles. The average Bonchev–Trinajstić information content (AvgIpc) is 1.91. The molecule has 9 heavy (non-hydrogen) atoms. The monoisotopic (exact) mass is 121 g/mol. The molecule has 1 rings (SSSR count). The molecule has 0 aliphatic rings. The van der Waals surface area contributed by atoms with Crippen LogP contribution in [-0.4, -0.2) is 12.0 Å². The van der Waals surface area contributed by atoms with Crippen molar-refractivity contribution in [2.45, 2.75) is 6.54 Å². The first-order chi connectivity index (χ1) is 4.43. The molecule has 0 spiro atoms. The van der Waals surface area contributed by atoms with E-state index in [1.54, 1.807) is 12.3 Å². The van der Waals surface area contributed by atoms with Crippen molar-refractivity contribution in [1.29, 1.82) is 0 Å². The quantitative estimate of drug-likeness (QED) is 0.619. The summed E-state index contributed by atoms with van der Waals surface area (Å²) in [6, 6.07) is 6.61. The Morgan fingerprint density at radius 2 is 2.67 bits per heavy atom. The molecule has 1 radical (unpaired) electrons. The highest BCUT2D eigenvalue weighted by Crippen LogP contribution is 1.89. The summed E-state index contributed by atoms with van der Waals surface area (Å²) in [5, 5.41) is 3.00. The minimum Gasteiger partial charge on any atom is -0.314 e. The molecule has 0 atom stereocenters. The van der Waals surface area contributed by atoms with Crippen molar-refractivity contribution >= 4 is 0 Å². The van der Waals surface area contributed by atoms with Crippen LogP contribution in [0.25, 0.3) is 0 Å². The maximum atomic E-state index is 4.07. The van der Waals surface area contributed by atoms with Crippen molar-refractivity contribution in [1.82, 2.24) is 10.3 Å². The molecule has 1 aromatic heterocycles. The topological polar surface area (TPSA) is 24.9 Å². The van der Waals surface area contributed by atoms with Crippen molar-refractivity contribution in [3.8, 4) is 0 Å². The first-order valence-corrected chi connectivity index (χ1v) is 2.89. The van der Waals surface area contributed by atoms with Crippen LogP contribution in [-0.2, 0) is 6.54 Å². The van der Waals surface area contributed by atoms with Crippen molar-refractivity contribution in [3.05, 3.63) is 30.1 Å². The molecule has 2 nitrogen and oxygen atoms in total. The fourth-order valence-electron chi connectivity index (χ4n) is 0.635. The Morgan fingerprint density at radius 1 is 1.78 bits per heavy atom. The van der Waals surface area contributed by atoms with E-state index < -0.39 is 0 Å². The third-order valence-corrected chi connectivity index (χ3v) is 1.02. The van der Waals surface area contributed by atoms with Crippen molar-refractivity contribution in [2.75, 3.05) is 7.05 Å². The lowest BCUT2D eigenvalue weighted by molar-refractivity contribution is 0.791. The van der Waals surface area contributed by atoms with Gasteiger partial charge in [-0.3, -0.25) is 4.98 Å². The summed E-state index contributed by atoms with van der Waals surface area (Å²) in [7, 11) is 1.90. The Balaban J connectivity index is 2.61. The molecule has 2 heteroatoms. The van der Waals surface area contributed by atoms with Gasteiger partial charge in [-0.1, -0.05) is 0 Å². The third-order valence-electron chi connectivity index (χ3n) is 1.02. The molecule has 1 N–H and O–H groups in total. The van der Waals surface area contributed by atoms with Crippen LogP contribution in [0.5, 0.6) is 0 Å². The van der Waals surface area contributed by atoms with E-state index in [4.69, 9.17) is 0 Å². The molecule has 0 unspecified atom stereocenters. The summed E-state index contributed by atoms with van der Waals surface area (Å²) in [5.41, 5.74) is 1.03. The van der Waals surface area contributed by atoms with Gasteiger partial charge < -0.3 is 5.32 Å². The van der Waals surface area contributed by atoms with Gasteiger partial charge in [0.2, 0.25) is 0 Å². The second kappa shape index (κ2) is 3.20. The standard InChI is InChI=1S/C7H9N2/c1-8-6-7-4-2-3-5-9-7/h3-5,8H,6H2,1H3. The Morgan fingerprint density at radius 3 is 3.22 bits per heavy atom. The van der Waals surface area contributed by atoms with E-state index in [2.05, 4.69) is 16.4 Å². The molecule has 0 aliphatic carbocycles. The van der Waals surface area contributed by atoms with Crippen molar-refractivity contribution < 1.29 is 0 Å². The number of pyridine rings is 1. The summed E-state index contributed by atoms with van der Waals surface area (Å²) < 4.78 is 0. The van der Waals surface area contributed by atoms with Gasteiger partial charge in [-0.15, -0.1) is 0 Å². The Hall–Kier alpha value is -0.890. The normalized spacial score (nSPS) is 9.44. The van der Waals surface area contributed by atoms with Gasteiger partial charge in [0, 0.05) is 12.7 Å². The molecule has 0 saturated heterocycles. The molecule has 0 fully saturated rings. The molecule has 1 heterocycles. The lowest BCUT2D eigenvalue weighted by atomic mass is 10.3. The molecule has 0 bridgehead atoms. The molecule has 1 aromatic rings. The maximum Gasteiger partial charge on any atom is 0.0547 e. The number of hydrogen-bond donors (Lipinski definition) is 1. The smallest absolute Gasteiger partial charge is 0.0547 e. The average molecular weight is 121 g/mol. The Kier molecular flexibility index (Phi) is 2.22. The van der Waals surface area contributed by atoms with Gasteiger partial charge in [-0.2, -0.15) is 0 Å². The lowest BCUT2D eigenvalue weighted by Crippen LogP contribution is -2.05. The maximum absolute atomic E-state index is 4.07. The van der Waals surface area contributed by atoms with E-state index in [9.17, 15) is 0 Å². The summed E-state index contributed by atoms with van der Waals surface area (Å²) in [4.78, 5) is 4.07. The van der Waals surface area contributed by atoms with E-state index in [1.807, 2.05) is 13.1 Å². The van der Waals surface area contributed by atoms with Gasteiger partial charge in [0.05, 0.1) is 5.69 Å². The van der Waals surface area contributed by atoms with Crippen LogP contribution in [0, 0.1) is 6.07 Å². The summed E-state index contributed by atoms with van der Waals surface area (Å²) in [6.07, 6.45) is 1.74. The zero-order valence-electron chi connectivity index (χ0n) is 5.39. The third kappa shape index (κ3) is 1.82. The summed E-state index contributed by atoms with van der Waals surface area (Å²) in [5.74, 6) is 0. The van der Waals surface area contributed by atoms with Gasteiger partial charge in [0.25, 0.3) is 0 Å². The second-order valence-electron chi connectivity index (χ2n) is 1.78. The van der Waals surface area contributed by atoms with Crippen LogP contribution in [0.3, 0.4) is 0 Å². The van der Waals surface area contributed by atoms with Crippen LogP contribution in [0.4, 0.5) is 0 Å². The van der Waals surface area contributed by atoms with E-state index in [-0.39, 0.29) is 0 Å². The second-order valence-corrected chi connectivity index (χ2v) is 1.78. The number of aromatic nitrogens is 1. The number of hydrogen-bond acceptors (Lipinski definition) is 2. The summed E-state index contributed by atoms with van der Waals surface area (Å²) >= 11 is 0. The van der Waals surface area contributed by atoms with E-state index in [1.165, 1.54) is 0 Å². The first-order valence-electron chi connectivity index (χ1n) is 2.89.